The maximum atomic E-state index is 12.7. The topological polar surface area (TPSA) is 59.2 Å². The van der Waals surface area contributed by atoms with E-state index in [9.17, 15) is 4.79 Å². The van der Waals surface area contributed by atoms with E-state index in [-0.39, 0.29) is 11.7 Å². The lowest BCUT2D eigenvalue weighted by molar-refractivity contribution is 0.0827. The van der Waals surface area contributed by atoms with Crippen molar-refractivity contribution in [3.8, 4) is 0 Å². The van der Waals surface area contributed by atoms with E-state index >= 15 is 0 Å². The lowest BCUT2D eigenvalue weighted by Crippen LogP contribution is -2.36. The van der Waals surface area contributed by atoms with Gasteiger partial charge in [0.15, 0.2) is 5.78 Å². The zero-order chi connectivity index (χ0) is 20.2. The second-order valence-electron chi connectivity index (χ2n) is 7.30. The van der Waals surface area contributed by atoms with Crippen molar-refractivity contribution in [3.63, 3.8) is 0 Å². The van der Waals surface area contributed by atoms with Gasteiger partial charge in [-0.05, 0) is 49.7 Å². The first-order chi connectivity index (χ1) is 14.1. The highest BCUT2D eigenvalue weighted by molar-refractivity contribution is 6.42. The Bertz CT molecular complexity index is 983. The van der Waals surface area contributed by atoms with Crippen molar-refractivity contribution < 1.29 is 9.21 Å². The van der Waals surface area contributed by atoms with Gasteiger partial charge >= 0.3 is 0 Å². The molecule has 5 nitrogen and oxygen atoms in total. The number of aromatic nitrogens is 2. The van der Waals surface area contributed by atoms with E-state index in [1.165, 1.54) is 0 Å². The number of hydrogen-bond donors (Lipinski definition) is 0. The molecule has 150 valence electrons. The average Bonchev–Trinajstić information content (AvgIpc) is 3.17. The number of carbonyl (C=O) groups excluding carboxylic acids is 1. The molecule has 29 heavy (non-hydrogen) atoms. The quantitative estimate of drug-likeness (QED) is 0.512. The molecular formula is C22H21Cl2N3O2. The maximum absolute atomic E-state index is 12.7. The van der Waals surface area contributed by atoms with E-state index in [4.69, 9.17) is 27.6 Å². The molecule has 0 bridgehead atoms. The molecular weight excluding hydrogens is 409 g/mol. The molecule has 0 aliphatic carbocycles. The summed E-state index contributed by atoms with van der Waals surface area (Å²) in [6.45, 7) is 2.23. The highest BCUT2D eigenvalue weighted by atomic mass is 35.5. The Kier molecular flexibility index (Phi) is 6.28. The van der Waals surface area contributed by atoms with Gasteiger partial charge in [0, 0.05) is 11.5 Å². The first-order valence-corrected chi connectivity index (χ1v) is 10.4. The van der Waals surface area contributed by atoms with E-state index in [1.807, 2.05) is 30.3 Å². The van der Waals surface area contributed by atoms with Crippen LogP contribution in [0.5, 0.6) is 0 Å². The Morgan fingerprint density at radius 1 is 1.00 bits per heavy atom. The van der Waals surface area contributed by atoms with Gasteiger partial charge in [-0.1, -0.05) is 53.5 Å². The van der Waals surface area contributed by atoms with Crippen molar-refractivity contribution >= 4 is 29.0 Å². The van der Waals surface area contributed by atoms with Crippen molar-refractivity contribution in [2.45, 2.75) is 25.8 Å². The zero-order valence-electron chi connectivity index (χ0n) is 15.9. The molecule has 1 aliphatic rings. The average molecular weight is 430 g/mol. The summed E-state index contributed by atoms with van der Waals surface area (Å²) in [6.07, 6.45) is 2.22. The number of halogens is 2. The predicted molar refractivity (Wildman–Crippen MR) is 112 cm³/mol. The molecule has 3 aromatic rings. The molecule has 0 N–H and O–H groups in total. The first-order valence-electron chi connectivity index (χ1n) is 9.65. The van der Waals surface area contributed by atoms with Gasteiger partial charge < -0.3 is 4.42 Å². The molecule has 0 amide bonds. The summed E-state index contributed by atoms with van der Waals surface area (Å²) in [7, 11) is 0. The fraction of sp³-hybridized carbons (Fsp3) is 0.318. The van der Waals surface area contributed by atoms with E-state index in [1.54, 1.807) is 18.2 Å². The lowest BCUT2D eigenvalue weighted by Gasteiger charge is -2.30. The predicted octanol–water partition coefficient (Wildman–Crippen LogP) is 5.06. The summed E-state index contributed by atoms with van der Waals surface area (Å²) >= 11 is 12.0. The lowest BCUT2D eigenvalue weighted by atomic mass is 9.89. The summed E-state index contributed by atoms with van der Waals surface area (Å²) in [6, 6.07) is 15.1. The minimum absolute atomic E-state index is 0.000168. The Morgan fingerprint density at radius 2 is 1.72 bits per heavy atom. The molecule has 0 unspecified atom stereocenters. The Hall–Kier alpha value is -2.21. The molecule has 1 aliphatic heterocycles. The number of benzene rings is 2. The van der Waals surface area contributed by atoms with Crippen LogP contribution in [0.15, 0.2) is 52.9 Å². The molecule has 1 saturated heterocycles. The van der Waals surface area contributed by atoms with Crippen LogP contribution in [0.3, 0.4) is 0 Å². The van der Waals surface area contributed by atoms with Crippen LogP contribution >= 0.6 is 23.2 Å². The van der Waals surface area contributed by atoms with E-state index in [0.29, 0.717) is 40.4 Å². The van der Waals surface area contributed by atoms with Crippen LogP contribution in [0.25, 0.3) is 0 Å². The second-order valence-corrected chi connectivity index (χ2v) is 8.11. The molecule has 2 aromatic carbocycles. The summed E-state index contributed by atoms with van der Waals surface area (Å²) < 4.78 is 5.80. The fourth-order valence-electron chi connectivity index (χ4n) is 3.62. The van der Waals surface area contributed by atoms with Gasteiger partial charge in [-0.25, -0.2) is 0 Å². The SMILES string of the molecule is O=C(c1ccc(Cl)c(Cl)c1)C1CCN(Cc2nnc(Cc3ccccc3)o2)CC1. The number of hydrogen-bond acceptors (Lipinski definition) is 5. The summed E-state index contributed by atoms with van der Waals surface area (Å²) in [5.41, 5.74) is 1.77. The Labute approximate surface area is 179 Å². The molecule has 0 saturated carbocycles. The fourth-order valence-corrected chi connectivity index (χ4v) is 3.92. The van der Waals surface area contributed by atoms with Crippen LogP contribution in [0, 0.1) is 5.92 Å². The third kappa shape index (κ3) is 5.04. The van der Waals surface area contributed by atoms with Crippen LogP contribution in [0.4, 0.5) is 0 Å². The highest BCUT2D eigenvalue weighted by Crippen LogP contribution is 2.27. The Morgan fingerprint density at radius 3 is 2.45 bits per heavy atom. The minimum atomic E-state index is -0.000168. The van der Waals surface area contributed by atoms with Gasteiger partial charge in [-0.3, -0.25) is 9.69 Å². The molecule has 7 heteroatoms. The molecule has 2 heterocycles. The summed E-state index contributed by atoms with van der Waals surface area (Å²) in [5.74, 6) is 1.37. The maximum Gasteiger partial charge on any atom is 0.230 e. The van der Waals surface area contributed by atoms with Crippen LogP contribution < -0.4 is 0 Å². The van der Waals surface area contributed by atoms with E-state index in [2.05, 4.69) is 15.1 Å². The van der Waals surface area contributed by atoms with Crippen molar-refractivity contribution in [1.29, 1.82) is 0 Å². The van der Waals surface area contributed by atoms with Crippen LogP contribution in [-0.4, -0.2) is 34.0 Å². The monoisotopic (exact) mass is 429 g/mol. The standard InChI is InChI=1S/C22H21Cl2N3O2/c23-18-7-6-17(13-19(18)24)22(28)16-8-10-27(11-9-16)14-21-26-25-20(29-21)12-15-4-2-1-3-5-15/h1-7,13,16H,8-12,14H2. The number of piperidine rings is 1. The van der Waals surface area contributed by atoms with Crippen molar-refractivity contribution in [2.24, 2.45) is 5.92 Å². The first kappa shape index (κ1) is 20.1. The zero-order valence-corrected chi connectivity index (χ0v) is 17.4. The third-order valence-corrected chi connectivity index (χ3v) is 5.97. The highest BCUT2D eigenvalue weighted by Gasteiger charge is 2.27. The minimum Gasteiger partial charge on any atom is -0.424 e. The van der Waals surface area contributed by atoms with Gasteiger partial charge in [0.25, 0.3) is 0 Å². The smallest absolute Gasteiger partial charge is 0.230 e. The summed E-state index contributed by atoms with van der Waals surface area (Å²) in [4.78, 5) is 15.0. The number of carbonyl (C=O) groups is 1. The summed E-state index contributed by atoms with van der Waals surface area (Å²) in [5, 5.41) is 9.20. The van der Waals surface area contributed by atoms with Crippen molar-refractivity contribution in [1.82, 2.24) is 15.1 Å². The third-order valence-electron chi connectivity index (χ3n) is 5.23. The largest absolute Gasteiger partial charge is 0.424 e. The normalized spacial score (nSPS) is 15.5. The molecule has 4 rings (SSSR count). The Balaban J connectivity index is 1.30. The van der Waals surface area contributed by atoms with E-state index in [0.717, 1.165) is 31.5 Å². The number of ketones is 1. The van der Waals surface area contributed by atoms with Crippen LogP contribution in [0.1, 0.15) is 40.5 Å². The number of likely N-dealkylation sites (tertiary alicyclic amines) is 1. The molecule has 0 radical (unpaired) electrons. The van der Waals surface area contributed by atoms with Gasteiger partial charge in [0.05, 0.1) is 23.0 Å². The molecule has 1 fully saturated rings. The van der Waals surface area contributed by atoms with Crippen molar-refractivity contribution in [2.75, 3.05) is 13.1 Å². The van der Waals surface area contributed by atoms with Crippen LogP contribution in [-0.2, 0) is 13.0 Å². The van der Waals surface area contributed by atoms with Gasteiger partial charge in [-0.2, -0.15) is 0 Å². The van der Waals surface area contributed by atoms with Gasteiger partial charge in [0.1, 0.15) is 0 Å². The molecule has 1 aromatic heterocycles. The second kappa shape index (κ2) is 9.08. The van der Waals surface area contributed by atoms with Gasteiger partial charge in [-0.15, -0.1) is 10.2 Å². The van der Waals surface area contributed by atoms with Crippen molar-refractivity contribution in [3.05, 3.63) is 81.5 Å². The number of Topliss-reactive ketones (excluding diaryl/α,β-unsaturated/α-hetero) is 1. The van der Waals surface area contributed by atoms with Gasteiger partial charge in [0.2, 0.25) is 11.8 Å². The molecule has 0 spiro atoms. The molecule has 0 atom stereocenters. The van der Waals surface area contributed by atoms with E-state index < -0.39 is 0 Å². The number of rotatable bonds is 6. The number of nitrogens with zero attached hydrogens (tertiary/aromatic N) is 3. The van der Waals surface area contributed by atoms with Crippen LogP contribution in [0.2, 0.25) is 10.0 Å².